The molecule has 0 spiro atoms. The molecule has 5 heteroatoms. The van der Waals surface area contributed by atoms with Crippen LogP contribution >= 0.6 is 0 Å². The van der Waals surface area contributed by atoms with E-state index < -0.39 is 0 Å². The van der Waals surface area contributed by atoms with Crippen LogP contribution in [0, 0.1) is 0 Å². The maximum atomic E-state index is 11.5. The minimum Gasteiger partial charge on any atom is -0.353 e. The van der Waals surface area contributed by atoms with Crippen LogP contribution in [0.1, 0.15) is 25.1 Å². The second kappa shape index (κ2) is 4.55. The number of imidazole rings is 1. The number of carbonyl (C=O) groups is 2. The molecule has 1 N–H and O–H groups in total. The van der Waals surface area contributed by atoms with Crippen LogP contribution in [-0.4, -0.2) is 27.4 Å². The lowest BCUT2D eigenvalue weighted by Gasteiger charge is -2.10. The van der Waals surface area contributed by atoms with E-state index in [1.807, 2.05) is 0 Å². The lowest BCUT2D eigenvalue weighted by molar-refractivity contribution is -0.119. The Morgan fingerprint density at radius 3 is 2.79 bits per heavy atom. The zero-order valence-corrected chi connectivity index (χ0v) is 8.23. The number of nitrogens with zero attached hydrogens (tertiary/aromatic N) is 2. The molecule has 1 amide bonds. The maximum absolute atomic E-state index is 11.5. The topological polar surface area (TPSA) is 64.0 Å². The van der Waals surface area contributed by atoms with Crippen molar-refractivity contribution in [1.29, 1.82) is 0 Å². The molecule has 0 aromatic carbocycles. The van der Waals surface area contributed by atoms with Crippen LogP contribution in [0.2, 0.25) is 0 Å². The van der Waals surface area contributed by atoms with E-state index in [1.54, 1.807) is 19.3 Å². The zero-order chi connectivity index (χ0) is 10.6. The fraction of sp³-hybridized carbons (Fsp3) is 0.444. The predicted molar refractivity (Wildman–Crippen MR) is 50.7 cm³/mol. The molecule has 1 aromatic heterocycles. The predicted octanol–water partition coefficient (Wildman–Crippen LogP) is 0.438. The van der Waals surface area contributed by atoms with E-state index in [0.717, 1.165) is 0 Å². The molecule has 1 rings (SSSR count). The van der Waals surface area contributed by atoms with Crippen LogP contribution in [-0.2, 0) is 4.79 Å². The van der Waals surface area contributed by atoms with Crippen molar-refractivity contribution in [3.05, 3.63) is 18.7 Å². The Hall–Kier alpha value is -1.65. The molecule has 0 aliphatic rings. The molecule has 1 heterocycles. The van der Waals surface area contributed by atoms with Crippen molar-refractivity contribution in [1.82, 2.24) is 14.9 Å². The van der Waals surface area contributed by atoms with Gasteiger partial charge >= 0.3 is 0 Å². The van der Waals surface area contributed by atoms with E-state index in [1.165, 1.54) is 17.8 Å². The van der Waals surface area contributed by atoms with Crippen molar-refractivity contribution < 1.29 is 9.59 Å². The van der Waals surface area contributed by atoms with Crippen molar-refractivity contribution >= 4 is 11.8 Å². The van der Waals surface area contributed by atoms with Crippen LogP contribution in [0.25, 0.3) is 0 Å². The molecule has 0 fully saturated rings. The Labute approximate surface area is 82.1 Å². The Bertz CT molecular complexity index is 319. The Morgan fingerprint density at radius 2 is 2.29 bits per heavy atom. The summed E-state index contributed by atoms with van der Waals surface area (Å²) in [6.07, 6.45) is 4.85. The zero-order valence-electron chi connectivity index (χ0n) is 8.23. The molecule has 5 nitrogen and oxygen atoms in total. The maximum Gasteiger partial charge on any atom is 0.233 e. The number of amides is 1. The van der Waals surface area contributed by atoms with Gasteiger partial charge in [-0.2, -0.15) is 0 Å². The van der Waals surface area contributed by atoms with Crippen LogP contribution in [0.5, 0.6) is 0 Å². The van der Waals surface area contributed by atoms with Gasteiger partial charge in [-0.1, -0.05) is 0 Å². The summed E-state index contributed by atoms with van der Waals surface area (Å²) < 4.78 is 1.40. The van der Waals surface area contributed by atoms with E-state index in [-0.39, 0.29) is 24.3 Å². The van der Waals surface area contributed by atoms with Gasteiger partial charge in [0.25, 0.3) is 0 Å². The first-order valence-electron chi connectivity index (χ1n) is 4.38. The summed E-state index contributed by atoms with van der Waals surface area (Å²) >= 11 is 0. The van der Waals surface area contributed by atoms with E-state index in [4.69, 9.17) is 0 Å². The number of hydrogen-bond donors (Lipinski definition) is 1. The van der Waals surface area contributed by atoms with Crippen molar-refractivity contribution in [2.75, 3.05) is 0 Å². The minimum absolute atomic E-state index is 0.0799. The summed E-state index contributed by atoms with van der Waals surface area (Å²) in [5.41, 5.74) is 0. The van der Waals surface area contributed by atoms with E-state index in [9.17, 15) is 9.59 Å². The second-order valence-electron chi connectivity index (χ2n) is 3.17. The first kappa shape index (κ1) is 10.4. The smallest absolute Gasteiger partial charge is 0.233 e. The van der Waals surface area contributed by atoms with Gasteiger partial charge in [-0.25, -0.2) is 4.98 Å². The Balaban J connectivity index is 2.45. The average molecular weight is 195 g/mol. The van der Waals surface area contributed by atoms with Gasteiger partial charge in [-0.15, -0.1) is 0 Å². The quantitative estimate of drug-likeness (QED) is 0.761. The highest BCUT2D eigenvalue weighted by molar-refractivity contribution is 5.80. The second-order valence-corrected chi connectivity index (χ2v) is 3.17. The summed E-state index contributed by atoms with van der Waals surface area (Å²) in [6, 6.07) is -0.151. The number of aromatic nitrogens is 2. The molecule has 0 saturated heterocycles. The molecule has 76 valence electrons. The largest absolute Gasteiger partial charge is 0.353 e. The highest BCUT2D eigenvalue weighted by atomic mass is 16.2. The summed E-state index contributed by atoms with van der Waals surface area (Å²) in [5.74, 6) is -0.209. The van der Waals surface area contributed by atoms with Gasteiger partial charge in [0.1, 0.15) is 6.33 Å². The van der Waals surface area contributed by atoms with Gasteiger partial charge in [0.15, 0.2) is 0 Å². The summed E-state index contributed by atoms with van der Waals surface area (Å²) in [7, 11) is 0. The SMILES string of the molecule is CC(=O)NC(C)CC(=O)n1ccnc1. The first-order valence-corrected chi connectivity index (χ1v) is 4.38. The van der Waals surface area contributed by atoms with Crippen LogP contribution < -0.4 is 5.32 Å². The van der Waals surface area contributed by atoms with Crippen LogP contribution in [0.4, 0.5) is 0 Å². The minimum atomic E-state index is -0.151. The molecule has 1 aromatic rings. The van der Waals surface area contributed by atoms with Gasteiger partial charge in [-0.3, -0.25) is 14.2 Å². The van der Waals surface area contributed by atoms with E-state index in [2.05, 4.69) is 10.3 Å². The fourth-order valence-electron chi connectivity index (χ4n) is 1.17. The molecule has 0 radical (unpaired) electrons. The number of rotatable bonds is 3. The number of hydrogen-bond acceptors (Lipinski definition) is 3. The lowest BCUT2D eigenvalue weighted by Crippen LogP contribution is -2.33. The molecule has 1 unspecified atom stereocenters. The lowest BCUT2D eigenvalue weighted by atomic mass is 10.2. The highest BCUT2D eigenvalue weighted by Gasteiger charge is 2.10. The normalized spacial score (nSPS) is 12.1. The molecule has 0 saturated carbocycles. The first-order chi connectivity index (χ1) is 6.59. The van der Waals surface area contributed by atoms with E-state index >= 15 is 0 Å². The molecule has 0 aliphatic heterocycles. The standard InChI is InChI=1S/C9H13N3O2/c1-7(11-8(2)13)5-9(14)12-4-3-10-6-12/h3-4,6-7H,5H2,1-2H3,(H,11,13). The number of carbonyl (C=O) groups excluding carboxylic acids is 2. The molecule has 0 bridgehead atoms. The third-order valence-electron chi connectivity index (χ3n) is 1.72. The highest BCUT2D eigenvalue weighted by Crippen LogP contribution is 1.96. The molecular formula is C9H13N3O2. The number of nitrogens with one attached hydrogen (secondary N) is 1. The van der Waals surface area contributed by atoms with Crippen molar-refractivity contribution in [2.24, 2.45) is 0 Å². The molecule has 1 atom stereocenters. The van der Waals surface area contributed by atoms with Crippen LogP contribution in [0.3, 0.4) is 0 Å². The van der Waals surface area contributed by atoms with Gasteiger partial charge in [-0.05, 0) is 6.92 Å². The van der Waals surface area contributed by atoms with Crippen LogP contribution in [0.15, 0.2) is 18.7 Å². The Morgan fingerprint density at radius 1 is 1.57 bits per heavy atom. The van der Waals surface area contributed by atoms with E-state index in [0.29, 0.717) is 0 Å². The average Bonchev–Trinajstić information content (AvgIpc) is 2.53. The van der Waals surface area contributed by atoms with Crippen molar-refractivity contribution in [2.45, 2.75) is 26.3 Å². The summed E-state index contributed by atoms with van der Waals surface area (Å²) in [6.45, 7) is 3.22. The van der Waals surface area contributed by atoms with Gasteiger partial charge in [0.05, 0.1) is 0 Å². The van der Waals surface area contributed by atoms with Gasteiger partial charge < -0.3 is 5.32 Å². The monoisotopic (exact) mass is 195 g/mol. The van der Waals surface area contributed by atoms with Gasteiger partial charge in [0.2, 0.25) is 11.8 Å². The molecular weight excluding hydrogens is 182 g/mol. The summed E-state index contributed by atoms with van der Waals surface area (Å²) in [4.78, 5) is 25.9. The Kier molecular flexibility index (Phi) is 3.39. The molecule has 14 heavy (non-hydrogen) atoms. The molecule has 0 aliphatic carbocycles. The van der Waals surface area contributed by atoms with Crippen molar-refractivity contribution in [3.8, 4) is 0 Å². The van der Waals surface area contributed by atoms with Crippen molar-refractivity contribution in [3.63, 3.8) is 0 Å². The third kappa shape index (κ3) is 3.01. The summed E-state index contributed by atoms with van der Waals surface area (Å²) in [5, 5.41) is 2.64. The van der Waals surface area contributed by atoms with Gasteiger partial charge in [0, 0.05) is 31.8 Å². The fourth-order valence-corrected chi connectivity index (χ4v) is 1.17. The third-order valence-corrected chi connectivity index (χ3v) is 1.72.